The Balaban J connectivity index is 1.46. The maximum Gasteiger partial charge on any atom is 0.415 e. The molecule has 3 aliphatic rings. The third-order valence-electron chi connectivity index (χ3n) is 8.54. The fraction of sp³-hybridized carbons (Fsp3) is 0.529. The number of anilines is 4. The number of nitrogens with one attached hydrogen (secondary N) is 1. The van der Waals surface area contributed by atoms with Gasteiger partial charge in [0.05, 0.1) is 18.2 Å². The first-order valence-electron chi connectivity index (χ1n) is 15.9. The zero-order valence-electron chi connectivity index (χ0n) is 27.8. The molecule has 0 bridgehead atoms. The van der Waals surface area contributed by atoms with Gasteiger partial charge in [-0.2, -0.15) is 4.98 Å². The maximum atomic E-state index is 12.5. The Labute approximate surface area is 267 Å². The van der Waals surface area contributed by atoms with Gasteiger partial charge in [-0.25, -0.2) is 14.8 Å². The molecule has 1 amide bonds. The number of nitrogens with zero attached hydrogens (tertiary/aromatic N) is 7. The quantitative estimate of drug-likeness (QED) is 0.346. The topological polar surface area (TPSA) is 99.2 Å². The van der Waals surface area contributed by atoms with Crippen LogP contribution in [-0.2, 0) is 14.9 Å². The highest BCUT2D eigenvalue weighted by atomic mass is 16.6. The number of rotatable bonds is 10. The van der Waals surface area contributed by atoms with Crippen LogP contribution in [0.1, 0.15) is 53.5 Å². The lowest BCUT2D eigenvalue weighted by molar-refractivity contribution is -0.0252. The second kappa shape index (κ2) is 13.2. The van der Waals surface area contributed by atoms with Gasteiger partial charge in [0.15, 0.2) is 0 Å². The number of likely N-dealkylation sites (N-methyl/N-ethyl adjacent to an activating group) is 1. The van der Waals surface area contributed by atoms with Crippen LogP contribution in [0.3, 0.4) is 0 Å². The highest BCUT2D eigenvalue weighted by Crippen LogP contribution is 2.44. The van der Waals surface area contributed by atoms with Gasteiger partial charge >= 0.3 is 6.09 Å². The van der Waals surface area contributed by atoms with Crippen molar-refractivity contribution >= 4 is 29.5 Å². The molecule has 11 nitrogen and oxygen atoms in total. The predicted octanol–water partition coefficient (Wildman–Crippen LogP) is 5.46. The van der Waals surface area contributed by atoms with Crippen molar-refractivity contribution in [3.8, 4) is 0 Å². The van der Waals surface area contributed by atoms with E-state index in [1.165, 1.54) is 5.70 Å². The SMILES string of the molecule is C=C/C(=C\C=C(/CC)N1CCN(C)CC1)Nc1ncc2c(n1)N(c1cccc(N3C(=O)OCC3C)n1)CC2(C)COC(C)(C)C. The summed E-state index contributed by atoms with van der Waals surface area (Å²) in [5.41, 5.74) is 2.38. The van der Waals surface area contributed by atoms with Crippen molar-refractivity contribution in [1.29, 1.82) is 0 Å². The predicted molar refractivity (Wildman–Crippen MR) is 179 cm³/mol. The number of carbonyl (C=O) groups excluding carboxylic acids is 1. The molecular weight excluding hydrogens is 568 g/mol. The molecular formula is C34H48N8O3. The number of ether oxygens (including phenoxy) is 2. The molecule has 0 aromatic carbocycles. The summed E-state index contributed by atoms with van der Waals surface area (Å²) < 4.78 is 11.6. The molecule has 0 radical (unpaired) electrons. The van der Waals surface area contributed by atoms with E-state index in [9.17, 15) is 4.79 Å². The van der Waals surface area contributed by atoms with Gasteiger partial charge in [0.25, 0.3) is 0 Å². The minimum absolute atomic E-state index is 0.0997. The van der Waals surface area contributed by atoms with E-state index in [-0.39, 0.29) is 17.7 Å². The van der Waals surface area contributed by atoms with E-state index in [1.54, 1.807) is 11.0 Å². The Morgan fingerprint density at radius 3 is 2.56 bits per heavy atom. The van der Waals surface area contributed by atoms with Gasteiger partial charge in [-0.05, 0) is 71.5 Å². The van der Waals surface area contributed by atoms with Crippen LogP contribution in [0.25, 0.3) is 0 Å². The van der Waals surface area contributed by atoms with Gasteiger partial charge in [-0.3, -0.25) is 4.90 Å². The molecule has 3 aliphatic heterocycles. The van der Waals surface area contributed by atoms with Crippen molar-refractivity contribution in [1.82, 2.24) is 24.8 Å². The smallest absolute Gasteiger partial charge is 0.415 e. The Morgan fingerprint density at radius 2 is 1.91 bits per heavy atom. The summed E-state index contributed by atoms with van der Waals surface area (Å²) in [6.07, 6.45) is 8.44. The number of allylic oxidation sites excluding steroid dienone is 4. The summed E-state index contributed by atoms with van der Waals surface area (Å²) in [4.78, 5) is 35.6. The van der Waals surface area contributed by atoms with Crippen LogP contribution in [-0.4, -0.2) is 95.5 Å². The van der Waals surface area contributed by atoms with E-state index < -0.39 is 5.41 Å². The summed E-state index contributed by atoms with van der Waals surface area (Å²) in [7, 11) is 2.17. The van der Waals surface area contributed by atoms with Crippen LogP contribution >= 0.6 is 0 Å². The summed E-state index contributed by atoms with van der Waals surface area (Å²) in [6.45, 7) is 22.1. The minimum Gasteiger partial charge on any atom is -0.447 e. The number of hydrogen-bond acceptors (Lipinski definition) is 10. The molecule has 0 saturated carbocycles. The molecule has 2 atom stereocenters. The van der Waals surface area contributed by atoms with E-state index in [4.69, 9.17) is 24.4 Å². The van der Waals surface area contributed by atoms with E-state index >= 15 is 0 Å². The van der Waals surface area contributed by atoms with Crippen LogP contribution in [0, 0.1) is 0 Å². The standard InChI is InChI=1S/C34H48N8O3/c1-9-25(14-15-26(10-2)40-18-16-39(8)17-19-40)36-31-35-20-27-30(38-31)41(22-34(27,7)23-45-33(4,5)6)28-12-11-13-29(37-28)42-24(3)21-44-32(42)43/h9,11-15,20,24H,1,10,16-19,21-23H2,2-8H3,(H,35,36,38)/b25-14+,26-15+. The molecule has 0 aliphatic carbocycles. The van der Waals surface area contributed by atoms with Crippen LogP contribution in [0.5, 0.6) is 0 Å². The summed E-state index contributed by atoms with van der Waals surface area (Å²) >= 11 is 0. The third kappa shape index (κ3) is 7.31. The first-order valence-corrected chi connectivity index (χ1v) is 15.9. The third-order valence-corrected chi connectivity index (χ3v) is 8.54. The number of aromatic nitrogens is 3. The van der Waals surface area contributed by atoms with Gasteiger partial charge < -0.3 is 29.5 Å². The summed E-state index contributed by atoms with van der Waals surface area (Å²) in [5.74, 6) is 2.45. The highest BCUT2D eigenvalue weighted by molar-refractivity contribution is 5.89. The zero-order valence-corrected chi connectivity index (χ0v) is 27.8. The molecule has 5 heterocycles. The first-order chi connectivity index (χ1) is 21.4. The van der Waals surface area contributed by atoms with Crippen molar-refractivity contribution in [3.05, 3.63) is 66.2 Å². The van der Waals surface area contributed by atoms with Crippen LogP contribution in [0.4, 0.5) is 28.2 Å². The van der Waals surface area contributed by atoms with Gasteiger partial charge in [0.1, 0.15) is 24.1 Å². The summed E-state index contributed by atoms with van der Waals surface area (Å²) in [6, 6.07) is 5.58. The van der Waals surface area contributed by atoms with Crippen molar-refractivity contribution in [2.45, 2.75) is 65.0 Å². The number of piperazine rings is 1. The number of pyridine rings is 1. The number of hydrogen-bond donors (Lipinski definition) is 1. The minimum atomic E-state index is -0.392. The van der Waals surface area contributed by atoms with Crippen molar-refractivity contribution < 1.29 is 14.3 Å². The molecule has 45 heavy (non-hydrogen) atoms. The van der Waals surface area contributed by atoms with Crippen molar-refractivity contribution in [2.75, 3.05) is 68.1 Å². The Bertz CT molecular complexity index is 1460. The van der Waals surface area contributed by atoms with Crippen LogP contribution in [0.2, 0.25) is 0 Å². The fourth-order valence-corrected chi connectivity index (χ4v) is 5.81. The van der Waals surface area contributed by atoms with Gasteiger partial charge in [-0.1, -0.05) is 26.5 Å². The van der Waals surface area contributed by atoms with E-state index in [2.05, 4.69) is 74.3 Å². The van der Waals surface area contributed by atoms with E-state index in [0.717, 1.165) is 49.7 Å². The highest BCUT2D eigenvalue weighted by Gasteiger charge is 2.43. The molecule has 2 aromatic rings. The van der Waals surface area contributed by atoms with Crippen molar-refractivity contribution in [2.24, 2.45) is 0 Å². The fourth-order valence-electron chi connectivity index (χ4n) is 5.81. The maximum absolute atomic E-state index is 12.5. The lowest BCUT2D eigenvalue weighted by Crippen LogP contribution is -2.43. The number of carbonyl (C=O) groups is 1. The molecule has 2 fully saturated rings. The monoisotopic (exact) mass is 616 g/mol. The summed E-state index contributed by atoms with van der Waals surface area (Å²) in [5, 5.41) is 3.37. The molecule has 11 heteroatoms. The van der Waals surface area contributed by atoms with Gasteiger partial charge in [0.2, 0.25) is 5.95 Å². The molecule has 5 rings (SSSR count). The van der Waals surface area contributed by atoms with Gasteiger partial charge in [0, 0.05) is 61.3 Å². The number of cyclic esters (lactones) is 1. The van der Waals surface area contributed by atoms with Crippen LogP contribution < -0.4 is 15.1 Å². The molecule has 0 spiro atoms. The molecule has 242 valence electrons. The molecule has 2 aromatic heterocycles. The van der Waals surface area contributed by atoms with Crippen molar-refractivity contribution in [3.63, 3.8) is 0 Å². The molecule has 1 N–H and O–H groups in total. The van der Waals surface area contributed by atoms with Crippen LogP contribution in [0.15, 0.2) is 60.6 Å². The number of fused-ring (bicyclic) bond motifs is 1. The van der Waals surface area contributed by atoms with Gasteiger partial charge in [-0.15, -0.1) is 0 Å². The van der Waals surface area contributed by atoms with E-state index in [0.29, 0.717) is 37.3 Å². The van der Waals surface area contributed by atoms with E-state index in [1.807, 2.05) is 37.4 Å². The average molecular weight is 617 g/mol. The lowest BCUT2D eigenvalue weighted by atomic mass is 9.87. The Hall–Kier alpha value is -3.96. The second-order valence-corrected chi connectivity index (χ2v) is 13.4. The normalized spacial score (nSPS) is 23.0. The number of amides is 1. The Kier molecular flexibility index (Phi) is 9.50. The average Bonchev–Trinajstić information content (AvgIpc) is 3.51. The largest absolute Gasteiger partial charge is 0.447 e. The lowest BCUT2D eigenvalue weighted by Gasteiger charge is -2.35. The Morgan fingerprint density at radius 1 is 1.18 bits per heavy atom. The zero-order chi connectivity index (χ0) is 32.4. The molecule has 2 saturated heterocycles. The second-order valence-electron chi connectivity index (χ2n) is 13.4. The molecule has 2 unspecified atom stereocenters. The first kappa shape index (κ1) is 32.4.